The summed E-state index contributed by atoms with van der Waals surface area (Å²) in [6.45, 7) is 4.75. The maximum atomic E-state index is 11.8. The number of halogens is 1. The fourth-order valence-electron chi connectivity index (χ4n) is 1.96. The van der Waals surface area contributed by atoms with Gasteiger partial charge in [0, 0.05) is 29.4 Å². The van der Waals surface area contributed by atoms with E-state index in [4.69, 9.17) is 11.6 Å². The maximum Gasteiger partial charge on any atom is 0.226 e. The second-order valence-electron chi connectivity index (χ2n) is 5.03. The lowest BCUT2D eigenvalue weighted by molar-refractivity contribution is -0.115. The van der Waals surface area contributed by atoms with Crippen LogP contribution in [-0.2, 0) is 4.79 Å². The largest absolute Gasteiger partial charge is 0.385 e. The first kappa shape index (κ1) is 15.4. The number of hydrogen-bond acceptors (Lipinski definition) is 2. The number of carbonyl (C=O) groups excluding carboxylic acids is 1. The van der Waals surface area contributed by atoms with Gasteiger partial charge >= 0.3 is 0 Å². The van der Waals surface area contributed by atoms with Gasteiger partial charge in [-0.2, -0.15) is 0 Å². The smallest absolute Gasteiger partial charge is 0.226 e. The molecule has 0 fully saturated rings. The number of nitrogens with one attached hydrogen (secondary N) is 2. The Balaban J connectivity index is 1.80. The van der Waals surface area contributed by atoms with Crippen molar-refractivity contribution >= 4 is 28.9 Å². The molecule has 0 aliphatic carbocycles. The molecule has 3 nitrogen and oxygen atoms in total. The van der Waals surface area contributed by atoms with Crippen molar-refractivity contribution in [2.45, 2.75) is 20.3 Å². The van der Waals surface area contributed by atoms with Gasteiger partial charge in [-0.3, -0.25) is 4.79 Å². The molecule has 0 bridgehead atoms. The molecule has 0 saturated carbocycles. The van der Waals surface area contributed by atoms with Crippen LogP contribution < -0.4 is 10.6 Å². The van der Waals surface area contributed by atoms with Crippen LogP contribution in [0.15, 0.2) is 42.5 Å². The van der Waals surface area contributed by atoms with Gasteiger partial charge in [0.1, 0.15) is 0 Å². The Morgan fingerprint density at radius 3 is 2.57 bits per heavy atom. The van der Waals surface area contributed by atoms with E-state index >= 15 is 0 Å². The SMILES string of the molecule is Cc1ccc(NCCC(=O)Nc2cccc(Cl)c2)cc1C. The van der Waals surface area contributed by atoms with Crippen LogP contribution in [0.5, 0.6) is 0 Å². The molecule has 21 heavy (non-hydrogen) atoms. The minimum atomic E-state index is -0.0337. The molecular formula is C17H19ClN2O. The van der Waals surface area contributed by atoms with Gasteiger partial charge in [-0.1, -0.05) is 23.7 Å². The Kier molecular flexibility index (Phi) is 5.23. The zero-order chi connectivity index (χ0) is 15.2. The summed E-state index contributed by atoms with van der Waals surface area (Å²) in [4.78, 5) is 11.8. The van der Waals surface area contributed by atoms with E-state index in [0.717, 1.165) is 11.4 Å². The van der Waals surface area contributed by atoms with Crippen LogP contribution in [-0.4, -0.2) is 12.5 Å². The normalized spacial score (nSPS) is 10.2. The second-order valence-corrected chi connectivity index (χ2v) is 5.47. The zero-order valence-electron chi connectivity index (χ0n) is 12.2. The highest BCUT2D eigenvalue weighted by Crippen LogP contribution is 2.16. The highest BCUT2D eigenvalue weighted by molar-refractivity contribution is 6.30. The summed E-state index contributed by atoms with van der Waals surface area (Å²) < 4.78 is 0. The molecule has 1 amide bonds. The Bertz CT molecular complexity index is 640. The van der Waals surface area contributed by atoms with Crippen LogP contribution in [0, 0.1) is 13.8 Å². The van der Waals surface area contributed by atoms with Gasteiger partial charge < -0.3 is 10.6 Å². The minimum Gasteiger partial charge on any atom is -0.385 e. The van der Waals surface area contributed by atoms with Crippen LogP contribution in [0.4, 0.5) is 11.4 Å². The van der Waals surface area contributed by atoms with Crippen molar-refractivity contribution in [1.82, 2.24) is 0 Å². The molecule has 4 heteroatoms. The third kappa shape index (κ3) is 4.80. The van der Waals surface area contributed by atoms with Crippen LogP contribution in [0.25, 0.3) is 0 Å². The Morgan fingerprint density at radius 1 is 1.05 bits per heavy atom. The van der Waals surface area contributed by atoms with Gasteiger partial charge in [0.15, 0.2) is 0 Å². The van der Waals surface area contributed by atoms with Crippen LogP contribution in [0.2, 0.25) is 5.02 Å². The van der Waals surface area contributed by atoms with E-state index < -0.39 is 0 Å². The molecule has 0 unspecified atom stereocenters. The Hall–Kier alpha value is -2.00. The molecule has 0 atom stereocenters. The van der Waals surface area contributed by atoms with Gasteiger partial charge in [-0.15, -0.1) is 0 Å². The average Bonchev–Trinajstić information content (AvgIpc) is 2.43. The van der Waals surface area contributed by atoms with E-state index in [0.29, 0.717) is 18.0 Å². The molecular weight excluding hydrogens is 284 g/mol. The fraction of sp³-hybridized carbons (Fsp3) is 0.235. The Morgan fingerprint density at radius 2 is 1.86 bits per heavy atom. The number of hydrogen-bond donors (Lipinski definition) is 2. The lowest BCUT2D eigenvalue weighted by atomic mass is 10.1. The summed E-state index contributed by atoms with van der Waals surface area (Å²) in [7, 11) is 0. The first-order chi connectivity index (χ1) is 10.0. The maximum absolute atomic E-state index is 11.8. The molecule has 0 saturated heterocycles. The van der Waals surface area contributed by atoms with Gasteiger partial charge in [0.2, 0.25) is 5.91 Å². The summed E-state index contributed by atoms with van der Waals surface area (Å²) in [5, 5.41) is 6.69. The van der Waals surface area contributed by atoms with Crippen molar-refractivity contribution in [2.75, 3.05) is 17.2 Å². The summed E-state index contributed by atoms with van der Waals surface area (Å²) in [6, 6.07) is 13.3. The molecule has 2 aromatic rings. The minimum absolute atomic E-state index is 0.0337. The van der Waals surface area contributed by atoms with Crippen molar-refractivity contribution in [3.63, 3.8) is 0 Å². The summed E-state index contributed by atoms with van der Waals surface area (Å²) in [6.07, 6.45) is 0.402. The van der Waals surface area contributed by atoms with E-state index in [2.05, 4.69) is 36.6 Å². The highest BCUT2D eigenvalue weighted by Gasteiger charge is 2.03. The predicted octanol–water partition coefficient (Wildman–Crippen LogP) is 4.40. The molecule has 0 radical (unpaired) electrons. The van der Waals surface area contributed by atoms with Crippen LogP contribution >= 0.6 is 11.6 Å². The van der Waals surface area contributed by atoms with Gasteiger partial charge in [-0.25, -0.2) is 0 Å². The quantitative estimate of drug-likeness (QED) is 0.859. The van der Waals surface area contributed by atoms with E-state index in [1.54, 1.807) is 12.1 Å². The van der Waals surface area contributed by atoms with Crippen molar-refractivity contribution in [3.05, 3.63) is 58.6 Å². The van der Waals surface area contributed by atoms with Gasteiger partial charge in [0.05, 0.1) is 0 Å². The lowest BCUT2D eigenvalue weighted by Gasteiger charge is -2.09. The molecule has 0 aliphatic heterocycles. The van der Waals surface area contributed by atoms with E-state index in [-0.39, 0.29) is 5.91 Å². The first-order valence-electron chi connectivity index (χ1n) is 6.91. The average molecular weight is 303 g/mol. The van der Waals surface area contributed by atoms with E-state index in [9.17, 15) is 4.79 Å². The molecule has 110 valence electrons. The summed E-state index contributed by atoms with van der Waals surface area (Å²) >= 11 is 5.88. The zero-order valence-corrected chi connectivity index (χ0v) is 13.0. The predicted molar refractivity (Wildman–Crippen MR) is 89.1 cm³/mol. The van der Waals surface area contributed by atoms with Crippen molar-refractivity contribution in [1.29, 1.82) is 0 Å². The number of carbonyl (C=O) groups is 1. The highest BCUT2D eigenvalue weighted by atomic mass is 35.5. The van der Waals surface area contributed by atoms with Gasteiger partial charge in [0.25, 0.3) is 0 Å². The van der Waals surface area contributed by atoms with Gasteiger partial charge in [-0.05, 0) is 55.3 Å². The monoisotopic (exact) mass is 302 g/mol. The fourth-order valence-corrected chi connectivity index (χ4v) is 2.15. The molecule has 2 aromatic carbocycles. The molecule has 0 aliphatic rings. The second kappa shape index (κ2) is 7.14. The third-order valence-electron chi connectivity index (χ3n) is 3.30. The van der Waals surface area contributed by atoms with Crippen LogP contribution in [0.1, 0.15) is 17.5 Å². The molecule has 0 spiro atoms. The van der Waals surface area contributed by atoms with Crippen LogP contribution in [0.3, 0.4) is 0 Å². The molecule has 0 aromatic heterocycles. The molecule has 0 heterocycles. The standard InChI is InChI=1S/C17H19ClN2O/c1-12-6-7-15(10-13(12)2)19-9-8-17(21)20-16-5-3-4-14(18)11-16/h3-7,10-11,19H,8-9H2,1-2H3,(H,20,21). The summed E-state index contributed by atoms with van der Waals surface area (Å²) in [5.74, 6) is -0.0337. The van der Waals surface area contributed by atoms with Crippen molar-refractivity contribution < 1.29 is 4.79 Å². The third-order valence-corrected chi connectivity index (χ3v) is 3.53. The Labute approximate surface area is 130 Å². The number of benzene rings is 2. The number of rotatable bonds is 5. The van der Waals surface area contributed by atoms with E-state index in [1.165, 1.54) is 11.1 Å². The number of anilines is 2. The summed E-state index contributed by atoms with van der Waals surface area (Å²) in [5.41, 5.74) is 4.26. The number of amides is 1. The topological polar surface area (TPSA) is 41.1 Å². The van der Waals surface area contributed by atoms with Crippen molar-refractivity contribution in [2.24, 2.45) is 0 Å². The number of aryl methyl sites for hydroxylation is 2. The molecule has 2 N–H and O–H groups in total. The first-order valence-corrected chi connectivity index (χ1v) is 7.29. The van der Waals surface area contributed by atoms with Crippen molar-refractivity contribution in [3.8, 4) is 0 Å². The molecule has 2 rings (SSSR count). The van der Waals surface area contributed by atoms with E-state index in [1.807, 2.05) is 18.2 Å². The lowest BCUT2D eigenvalue weighted by Crippen LogP contribution is -2.16.